The molecule has 2 N–H and O–H groups in total. The van der Waals surface area contributed by atoms with Crippen LogP contribution < -0.4 is 0 Å². The van der Waals surface area contributed by atoms with Crippen molar-refractivity contribution in [1.29, 1.82) is 0 Å². The second-order valence-electron chi connectivity index (χ2n) is 9.19. The van der Waals surface area contributed by atoms with E-state index in [1.165, 1.54) is 0 Å². The second kappa shape index (κ2) is 14.5. The van der Waals surface area contributed by atoms with E-state index in [1.54, 1.807) is 0 Å². The first kappa shape index (κ1) is 33.0. The summed E-state index contributed by atoms with van der Waals surface area (Å²) in [5.74, 6) is -2.94. The number of hydrogen-bond acceptors (Lipinski definition) is 7. The zero-order valence-electron chi connectivity index (χ0n) is 21.7. The fourth-order valence-electron chi connectivity index (χ4n) is 4.24. The average Bonchev–Trinajstić information content (AvgIpc) is 3.45. The highest BCUT2D eigenvalue weighted by atomic mass is 19.4. The van der Waals surface area contributed by atoms with Gasteiger partial charge in [-0.3, -0.25) is 9.88 Å². The molecule has 15 heteroatoms. The first-order chi connectivity index (χ1) is 18.6. The minimum atomic E-state index is -5.08. The van der Waals surface area contributed by atoms with Gasteiger partial charge in [0.15, 0.2) is 0 Å². The Hall–Kier alpha value is -3.17. The third-order valence-corrected chi connectivity index (χ3v) is 5.94. The molecule has 1 saturated carbocycles. The largest absolute Gasteiger partial charge is 0.490 e. The average molecular weight is 585 g/mol. The first-order valence-electron chi connectivity index (χ1n) is 12.1. The lowest BCUT2D eigenvalue weighted by atomic mass is 10.1. The molecular formula is C25H30F6N2O7. The SMILES string of the molecule is Cc1cccc(COCC2CC3OCCN(Cc4ccc(C)o4)C3C2)n1.O=C(O)C(F)(F)F.O=C(O)C(F)(F)F. The van der Waals surface area contributed by atoms with Crippen molar-refractivity contribution >= 4 is 11.9 Å². The molecule has 0 bridgehead atoms. The Morgan fingerprint density at radius 1 is 1.02 bits per heavy atom. The number of aryl methyl sites for hydroxylation is 2. The molecule has 0 spiro atoms. The van der Waals surface area contributed by atoms with Gasteiger partial charge >= 0.3 is 24.3 Å². The summed E-state index contributed by atoms with van der Waals surface area (Å²) in [6, 6.07) is 10.7. The van der Waals surface area contributed by atoms with Gasteiger partial charge in [0.1, 0.15) is 11.5 Å². The summed E-state index contributed by atoms with van der Waals surface area (Å²) in [4.78, 5) is 24.8. The van der Waals surface area contributed by atoms with Gasteiger partial charge in [-0.25, -0.2) is 9.59 Å². The number of morpholine rings is 1. The van der Waals surface area contributed by atoms with Crippen LogP contribution in [0.5, 0.6) is 0 Å². The molecule has 2 fully saturated rings. The number of carboxylic acids is 2. The number of rotatable bonds is 6. The molecule has 224 valence electrons. The summed E-state index contributed by atoms with van der Waals surface area (Å²) < 4.78 is 81.3. The van der Waals surface area contributed by atoms with Gasteiger partial charge in [-0.1, -0.05) is 6.07 Å². The summed E-state index contributed by atoms with van der Waals surface area (Å²) >= 11 is 0. The Morgan fingerprint density at radius 3 is 2.17 bits per heavy atom. The standard InChI is InChI=1S/C21H28N2O3.2C2HF3O2/c1-15-4-3-5-18(22-15)14-24-13-17-10-20-21(11-17)25-9-8-23(20)12-19-7-6-16(2)26-19;2*3-2(4,5)1(6)7/h3-7,17,20-21H,8-14H2,1-2H3;2*(H,6,7). The summed E-state index contributed by atoms with van der Waals surface area (Å²) in [5.41, 5.74) is 2.04. The smallest absolute Gasteiger partial charge is 0.475 e. The van der Waals surface area contributed by atoms with E-state index in [2.05, 4.69) is 16.0 Å². The quantitative estimate of drug-likeness (QED) is 0.463. The van der Waals surface area contributed by atoms with E-state index in [9.17, 15) is 26.3 Å². The van der Waals surface area contributed by atoms with Crippen molar-refractivity contribution in [3.05, 3.63) is 53.2 Å². The van der Waals surface area contributed by atoms with E-state index in [0.29, 0.717) is 24.7 Å². The predicted molar refractivity (Wildman–Crippen MR) is 126 cm³/mol. The lowest BCUT2D eigenvalue weighted by Gasteiger charge is -2.37. The molecule has 2 aromatic heterocycles. The number of carboxylic acid groups (broad SMARTS) is 2. The Kier molecular flexibility index (Phi) is 11.9. The Bertz CT molecular complexity index is 1080. The Labute approximate surface area is 225 Å². The van der Waals surface area contributed by atoms with Crippen LogP contribution in [0.3, 0.4) is 0 Å². The van der Waals surface area contributed by atoms with Crippen LogP contribution in [0.25, 0.3) is 0 Å². The van der Waals surface area contributed by atoms with Gasteiger partial charge in [0.05, 0.1) is 38.2 Å². The zero-order valence-corrected chi connectivity index (χ0v) is 21.7. The Morgan fingerprint density at radius 2 is 1.65 bits per heavy atom. The summed E-state index contributed by atoms with van der Waals surface area (Å²) in [6.07, 6.45) is -7.63. The van der Waals surface area contributed by atoms with Crippen LogP contribution in [0.4, 0.5) is 26.3 Å². The maximum atomic E-state index is 10.6. The molecule has 3 atom stereocenters. The molecule has 9 nitrogen and oxygen atoms in total. The number of pyridine rings is 1. The lowest BCUT2D eigenvalue weighted by molar-refractivity contribution is -0.193. The van der Waals surface area contributed by atoms with Gasteiger partial charge in [-0.2, -0.15) is 26.3 Å². The third kappa shape index (κ3) is 11.1. The van der Waals surface area contributed by atoms with E-state index in [1.807, 2.05) is 38.1 Å². The maximum Gasteiger partial charge on any atom is 0.490 e. The highest BCUT2D eigenvalue weighted by Gasteiger charge is 2.41. The number of alkyl halides is 6. The number of halogens is 6. The zero-order chi connectivity index (χ0) is 30.1. The van der Waals surface area contributed by atoms with E-state index >= 15 is 0 Å². The summed E-state index contributed by atoms with van der Waals surface area (Å²) in [6.45, 7) is 8.03. The monoisotopic (exact) mass is 584 g/mol. The van der Waals surface area contributed by atoms with Crippen molar-refractivity contribution in [2.45, 2.75) is 64.3 Å². The molecular weight excluding hydrogens is 554 g/mol. The van der Waals surface area contributed by atoms with Gasteiger partial charge in [0, 0.05) is 18.3 Å². The van der Waals surface area contributed by atoms with Crippen molar-refractivity contribution < 1.29 is 60.0 Å². The van der Waals surface area contributed by atoms with Gasteiger partial charge in [-0.05, 0) is 56.9 Å². The molecule has 2 aliphatic rings. The molecule has 2 aromatic rings. The summed E-state index contributed by atoms with van der Waals surface area (Å²) in [5, 5.41) is 14.2. The fourth-order valence-corrected chi connectivity index (χ4v) is 4.24. The van der Waals surface area contributed by atoms with Gasteiger partial charge < -0.3 is 24.1 Å². The number of fused-ring (bicyclic) bond motifs is 1. The number of aromatic nitrogens is 1. The number of aliphatic carboxylic acids is 2. The molecule has 0 amide bonds. The third-order valence-electron chi connectivity index (χ3n) is 5.94. The van der Waals surface area contributed by atoms with Crippen molar-refractivity contribution in [1.82, 2.24) is 9.88 Å². The highest BCUT2D eigenvalue weighted by Crippen LogP contribution is 2.35. The molecule has 3 unspecified atom stereocenters. The molecule has 40 heavy (non-hydrogen) atoms. The topological polar surface area (TPSA) is 122 Å². The molecule has 1 aliphatic heterocycles. The van der Waals surface area contributed by atoms with Crippen LogP contribution in [0.15, 0.2) is 34.7 Å². The number of ether oxygens (including phenoxy) is 2. The van der Waals surface area contributed by atoms with Crippen LogP contribution >= 0.6 is 0 Å². The van der Waals surface area contributed by atoms with Crippen LogP contribution in [0, 0.1) is 19.8 Å². The minimum Gasteiger partial charge on any atom is -0.475 e. The fraction of sp³-hybridized carbons (Fsp3) is 0.560. The van der Waals surface area contributed by atoms with Crippen LogP contribution in [-0.2, 0) is 32.2 Å². The molecule has 4 rings (SSSR count). The van der Waals surface area contributed by atoms with Gasteiger partial charge in [-0.15, -0.1) is 0 Å². The molecule has 0 radical (unpaired) electrons. The van der Waals surface area contributed by atoms with E-state index in [-0.39, 0.29) is 0 Å². The van der Waals surface area contributed by atoms with E-state index in [4.69, 9.17) is 33.7 Å². The van der Waals surface area contributed by atoms with Crippen molar-refractivity contribution in [2.24, 2.45) is 5.92 Å². The van der Waals surface area contributed by atoms with Crippen molar-refractivity contribution in [3.8, 4) is 0 Å². The van der Waals surface area contributed by atoms with Crippen LogP contribution in [-0.4, -0.2) is 76.3 Å². The lowest BCUT2D eigenvalue weighted by Crippen LogP contribution is -2.47. The molecule has 3 heterocycles. The highest BCUT2D eigenvalue weighted by molar-refractivity contribution is 5.73. The Balaban J connectivity index is 0.000000333. The molecule has 1 saturated heterocycles. The minimum absolute atomic E-state index is 0.325. The van der Waals surface area contributed by atoms with Crippen molar-refractivity contribution in [2.75, 3.05) is 19.8 Å². The predicted octanol–water partition coefficient (Wildman–Crippen LogP) is 4.75. The number of nitrogens with zero attached hydrogens (tertiary/aromatic N) is 2. The van der Waals surface area contributed by atoms with Crippen LogP contribution in [0.1, 0.15) is 35.7 Å². The van der Waals surface area contributed by atoms with Crippen LogP contribution in [0.2, 0.25) is 0 Å². The summed E-state index contributed by atoms with van der Waals surface area (Å²) in [7, 11) is 0. The van der Waals surface area contributed by atoms with Crippen molar-refractivity contribution in [3.63, 3.8) is 0 Å². The first-order valence-corrected chi connectivity index (χ1v) is 12.1. The molecule has 1 aliphatic carbocycles. The van der Waals surface area contributed by atoms with Gasteiger partial charge in [0.2, 0.25) is 0 Å². The number of furan rings is 1. The van der Waals surface area contributed by atoms with E-state index < -0.39 is 24.3 Å². The number of hydrogen-bond donors (Lipinski definition) is 2. The molecule has 0 aromatic carbocycles. The number of carbonyl (C=O) groups is 2. The maximum absolute atomic E-state index is 10.6. The van der Waals surface area contributed by atoms with Gasteiger partial charge in [0.25, 0.3) is 0 Å². The second-order valence-corrected chi connectivity index (χ2v) is 9.19. The normalized spacial score (nSPS) is 20.9. The van der Waals surface area contributed by atoms with E-state index in [0.717, 1.165) is 62.1 Å².